The fourth-order valence-electron chi connectivity index (χ4n) is 1.48. The summed E-state index contributed by atoms with van der Waals surface area (Å²) < 4.78 is 61.8. The molecule has 1 aromatic rings. The largest absolute Gasteiger partial charge is 0.389 e. The van der Waals surface area contributed by atoms with Crippen molar-refractivity contribution in [2.24, 2.45) is 0 Å². The highest BCUT2D eigenvalue weighted by Gasteiger charge is 2.26. The molecule has 8 heteroatoms. The Morgan fingerprint density at radius 2 is 1.84 bits per heavy atom. The summed E-state index contributed by atoms with van der Waals surface area (Å²) in [5, 5.41) is 2.72. The maximum Gasteiger partial charge on any atom is 0.389 e. The van der Waals surface area contributed by atoms with Gasteiger partial charge < -0.3 is 5.32 Å². The number of rotatable bonds is 6. The summed E-state index contributed by atoms with van der Waals surface area (Å²) in [5.41, 5.74) is 0.394. The van der Waals surface area contributed by atoms with Crippen molar-refractivity contribution in [3.05, 3.63) is 24.3 Å². The fourth-order valence-corrected chi connectivity index (χ4v) is 2.77. The average Bonchev–Trinajstić information content (AvgIpc) is 2.33. The first-order chi connectivity index (χ1) is 8.76. The van der Waals surface area contributed by atoms with E-state index >= 15 is 0 Å². The molecule has 2 N–H and O–H groups in total. The van der Waals surface area contributed by atoms with Crippen LogP contribution in [0.5, 0.6) is 0 Å². The van der Waals surface area contributed by atoms with Gasteiger partial charge in [0.25, 0.3) is 0 Å². The van der Waals surface area contributed by atoms with Crippen molar-refractivity contribution in [3.8, 4) is 0 Å². The lowest BCUT2D eigenvalue weighted by Gasteiger charge is -2.11. The number of para-hydroxylation sites is 1. The van der Waals surface area contributed by atoms with Crippen LogP contribution >= 0.6 is 0 Å². The van der Waals surface area contributed by atoms with E-state index in [1.807, 2.05) is 0 Å². The molecule has 0 radical (unpaired) electrons. The second kappa shape index (κ2) is 6.25. The van der Waals surface area contributed by atoms with Crippen LogP contribution in [0.15, 0.2) is 29.2 Å². The molecule has 4 nitrogen and oxygen atoms in total. The molecule has 1 rings (SSSR count). The van der Waals surface area contributed by atoms with Crippen LogP contribution in [-0.4, -0.2) is 28.2 Å². The van der Waals surface area contributed by atoms with Crippen molar-refractivity contribution in [2.75, 3.05) is 18.9 Å². The molecule has 0 saturated heterocycles. The van der Waals surface area contributed by atoms with Crippen LogP contribution in [0.1, 0.15) is 12.8 Å². The summed E-state index contributed by atoms with van der Waals surface area (Å²) in [5.74, 6) is 0. The third kappa shape index (κ3) is 5.07. The lowest BCUT2D eigenvalue weighted by atomic mass is 10.3. The minimum Gasteiger partial charge on any atom is -0.387 e. The number of halogens is 3. The van der Waals surface area contributed by atoms with Crippen molar-refractivity contribution < 1.29 is 21.6 Å². The summed E-state index contributed by atoms with van der Waals surface area (Å²) >= 11 is 0. The fraction of sp³-hybridized carbons (Fsp3) is 0.455. The molecule has 0 atom stereocenters. The minimum absolute atomic E-state index is 0.0181. The van der Waals surface area contributed by atoms with E-state index in [0.29, 0.717) is 5.69 Å². The van der Waals surface area contributed by atoms with Gasteiger partial charge in [0.1, 0.15) is 4.90 Å². The Labute approximate surface area is 110 Å². The van der Waals surface area contributed by atoms with Gasteiger partial charge in [-0.05, 0) is 18.6 Å². The van der Waals surface area contributed by atoms with Crippen LogP contribution in [0.3, 0.4) is 0 Å². The summed E-state index contributed by atoms with van der Waals surface area (Å²) in [7, 11) is -2.23. The molecule has 0 bridgehead atoms. The Morgan fingerprint density at radius 3 is 2.42 bits per heavy atom. The number of alkyl halides is 3. The van der Waals surface area contributed by atoms with E-state index in [-0.39, 0.29) is 17.9 Å². The molecule has 0 fully saturated rings. The Hall–Kier alpha value is -1.28. The van der Waals surface area contributed by atoms with Crippen LogP contribution < -0.4 is 10.0 Å². The van der Waals surface area contributed by atoms with Gasteiger partial charge in [0.15, 0.2) is 0 Å². The van der Waals surface area contributed by atoms with Gasteiger partial charge in [-0.15, -0.1) is 0 Å². The van der Waals surface area contributed by atoms with Crippen molar-refractivity contribution in [2.45, 2.75) is 23.9 Å². The Balaban J connectivity index is 2.66. The SMILES string of the molecule is CNc1ccccc1S(=O)(=O)NCCCC(F)(F)F. The van der Waals surface area contributed by atoms with E-state index in [1.165, 1.54) is 6.07 Å². The van der Waals surface area contributed by atoms with E-state index in [0.717, 1.165) is 0 Å². The van der Waals surface area contributed by atoms with E-state index in [4.69, 9.17) is 0 Å². The zero-order chi connectivity index (χ0) is 14.5. The molecule has 0 unspecified atom stereocenters. The zero-order valence-corrected chi connectivity index (χ0v) is 11.1. The van der Waals surface area contributed by atoms with Crippen molar-refractivity contribution in [3.63, 3.8) is 0 Å². The van der Waals surface area contributed by atoms with Gasteiger partial charge in [-0.2, -0.15) is 13.2 Å². The van der Waals surface area contributed by atoms with Crippen LogP contribution in [0.2, 0.25) is 0 Å². The molecule has 108 valence electrons. The van der Waals surface area contributed by atoms with Crippen molar-refractivity contribution in [1.82, 2.24) is 4.72 Å². The highest BCUT2D eigenvalue weighted by Crippen LogP contribution is 2.22. The molecule has 0 aliphatic rings. The summed E-state index contributed by atoms with van der Waals surface area (Å²) in [6.07, 6.45) is -5.57. The Morgan fingerprint density at radius 1 is 1.21 bits per heavy atom. The minimum atomic E-state index is -4.27. The molecule has 0 aliphatic carbocycles. The second-order valence-corrected chi connectivity index (χ2v) is 5.60. The molecular formula is C11H15F3N2O2S. The third-order valence-corrected chi connectivity index (χ3v) is 3.89. The predicted molar refractivity (Wildman–Crippen MR) is 66.5 cm³/mol. The highest BCUT2D eigenvalue weighted by atomic mass is 32.2. The van der Waals surface area contributed by atoms with Gasteiger partial charge in [0, 0.05) is 20.0 Å². The smallest absolute Gasteiger partial charge is 0.387 e. The normalized spacial score (nSPS) is 12.4. The number of benzene rings is 1. The predicted octanol–water partition coefficient (Wildman–Crippen LogP) is 2.35. The van der Waals surface area contributed by atoms with Gasteiger partial charge in [0.05, 0.1) is 5.69 Å². The van der Waals surface area contributed by atoms with Crippen LogP contribution in [-0.2, 0) is 10.0 Å². The summed E-state index contributed by atoms with van der Waals surface area (Å²) in [4.78, 5) is 0.0181. The number of hydrogen-bond acceptors (Lipinski definition) is 3. The number of sulfonamides is 1. The first kappa shape index (κ1) is 15.8. The number of anilines is 1. The van der Waals surface area contributed by atoms with Crippen molar-refractivity contribution in [1.29, 1.82) is 0 Å². The molecule has 0 aromatic heterocycles. The molecule has 0 amide bonds. The molecule has 0 spiro atoms. The van der Waals surface area contributed by atoms with Gasteiger partial charge in [-0.3, -0.25) is 0 Å². The Kier molecular flexibility index (Phi) is 5.19. The van der Waals surface area contributed by atoms with Gasteiger partial charge >= 0.3 is 6.18 Å². The van der Waals surface area contributed by atoms with Gasteiger partial charge in [-0.25, -0.2) is 13.1 Å². The van der Waals surface area contributed by atoms with E-state index in [1.54, 1.807) is 25.2 Å². The standard InChI is InChI=1S/C11H15F3N2O2S/c1-15-9-5-2-3-6-10(9)19(17,18)16-8-4-7-11(12,13)14/h2-3,5-6,15-16H,4,7-8H2,1H3. The van der Waals surface area contributed by atoms with Crippen LogP contribution in [0.4, 0.5) is 18.9 Å². The third-order valence-electron chi connectivity index (χ3n) is 2.38. The van der Waals surface area contributed by atoms with Crippen molar-refractivity contribution >= 4 is 15.7 Å². The average molecular weight is 296 g/mol. The molecule has 19 heavy (non-hydrogen) atoms. The maximum atomic E-state index is 11.9. The monoisotopic (exact) mass is 296 g/mol. The number of hydrogen-bond donors (Lipinski definition) is 2. The van der Waals surface area contributed by atoms with E-state index in [2.05, 4.69) is 10.0 Å². The molecular weight excluding hydrogens is 281 g/mol. The maximum absolute atomic E-state index is 11.9. The molecule has 1 aromatic carbocycles. The van der Waals surface area contributed by atoms with E-state index < -0.39 is 22.6 Å². The summed E-state index contributed by atoms with van der Waals surface area (Å²) in [6, 6.07) is 6.17. The summed E-state index contributed by atoms with van der Waals surface area (Å²) in [6.45, 7) is -0.250. The lowest BCUT2D eigenvalue weighted by Crippen LogP contribution is -2.26. The number of nitrogens with one attached hydrogen (secondary N) is 2. The lowest BCUT2D eigenvalue weighted by molar-refractivity contribution is -0.135. The quantitative estimate of drug-likeness (QED) is 0.792. The van der Waals surface area contributed by atoms with E-state index in [9.17, 15) is 21.6 Å². The second-order valence-electron chi connectivity index (χ2n) is 3.86. The molecule has 0 saturated carbocycles. The zero-order valence-electron chi connectivity index (χ0n) is 10.3. The molecule has 0 aliphatic heterocycles. The van der Waals surface area contributed by atoms with Crippen LogP contribution in [0, 0.1) is 0 Å². The van der Waals surface area contributed by atoms with Crippen LogP contribution in [0.25, 0.3) is 0 Å². The topological polar surface area (TPSA) is 58.2 Å². The van der Waals surface area contributed by atoms with Gasteiger partial charge in [0.2, 0.25) is 10.0 Å². The van der Waals surface area contributed by atoms with Gasteiger partial charge in [-0.1, -0.05) is 12.1 Å². The molecule has 0 heterocycles. The first-order valence-corrected chi connectivity index (χ1v) is 7.08. The highest BCUT2D eigenvalue weighted by molar-refractivity contribution is 7.89. The first-order valence-electron chi connectivity index (χ1n) is 5.59. The Bertz CT molecular complexity index is 515.